The number of carbonyl (C=O) groups is 3. The zero-order valence-electron chi connectivity index (χ0n) is 7.13. The molecule has 0 unspecified atom stereocenters. The van der Waals surface area contributed by atoms with E-state index in [1.54, 1.807) is 0 Å². The van der Waals surface area contributed by atoms with Crippen LogP contribution in [0.1, 0.15) is 12.8 Å². The second-order valence-electron chi connectivity index (χ2n) is 2.48. The molecule has 0 rings (SSSR count). The molecule has 2 radical (unpaired) electrons. The Bertz CT molecular complexity index is 233. The van der Waals surface area contributed by atoms with E-state index in [2.05, 4.69) is 0 Å². The van der Waals surface area contributed by atoms with Crippen LogP contribution < -0.4 is 0 Å². The Morgan fingerprint density at radius 1 is 0.929 bits per heavy atom. The van der Waals surface area contributed by atoms with Crippen LogP contribution in [0.15, 0.2) is 0 Å². The van der Waals surface area contributed by atoms with Gasteiger partial charge in [0.15, 0.2) is 5.60 Å². The number of aliphatic hydroxyl groups is 1. The SMILES string of the molecule is O=C(O)CC(O)(CC(=O)O)C(=O)O.[Ba]. The third-order valence-electron chi connectivity index (χ3n) is 1.29. The molecule has 0 aliphatic rings. The molecule has 0 aromatic carbocycles. The first-order valence-electron chi connectivity index (χ1n) is 3.17. The van der Waals surface area contributed by atoms with Crippen LogP contribution in [0, 0.1) is 0 Å². The number of hydrogen-bond acceptors (Lipinski definition) is 4. The van der Waals surface area contributed by atoms with Gasteiger partial charge < -0.3 is 20.4 Å². The van der Waals surface area contributed by atoms with Gasteiger partial charge in [-0.25, -0.2) is 4.79 Å². The van der Waals surface area contributed by atoms with Gasteiger partial charge in [0.25, 0.3) is 0 Å². The maximum absolute atomic E-state index is 10.3. The Hall–Kier alpha value is -0.0586. The largest absolute Gasteiger partial charge is 0.481 e. The van der Waals surface area contributed by atoms with Crippen LogP contribution in [0.5, 0.6) is 0 Å². The summed E-state index contributed by atoms with van der Waals surface area (Å²) < 4.78 is 0. The summed E-state index contributed by atoms with van der Waals surface area (Å²) in [6.07, 6.45) is -2.29. The van der Waals surface area contributed by atoms with Gasteiger partial charge >= 0.3 is 17.9 Å². The second kappa shape index (κ2) is 6.43. The van der Waals surface area contributed by atoms with Crippen LogP contribution in [0.25, 0.3) is 0 Å². The molecule has 0 spiro atoms. The van der Waals surface area contributed by atoms with Gasteiger partial charge in [-0.1, -0.05) is 0 Å². The molecule has 0 heterocycles. The Morgan fingerprint density at radius 2 is 1.21 bits per heavy atom. The average Bonchev–Trinajstić information content (AvgIpc) is 1.82. The summed E-state index contributed by atoms with van der Waals surface area (Å²) in [5.74, 6) is -5.02. The van der Waals surface area contributed by atoms with Gasteiger partial charge in [0, 0.05) is 48.9 Å². The number of carboxylic acid groups (broad SMARTS) is 3. The average molecular weight is 329 g/mol. The molecule has 0 saturated heterocycles. The second-order valence-corrected chi connectivity index (χ2v) is 2.48. The van der Waals surface area contributed by atoms with Gasteiger partial charge in [0.1, 0.15) is 0 Å². The monoisotopic (exact) mass is 330 g/mol. The Balaban J connectivity index is 0. The summed E-state index contributed by atoms with van der Waals surface area (Å²) >= 11 is 0. The van der Waals surface area contributed by atoms with Crippen LogP contribution in [0.4, 0.5) is 0 Å². The van der Waals surface area contributed by atoms with E-state index in [9.17, 15) is 14.4 Å². The molecule has 0 aromatic heterocycles. The van der Waals surface area contributed by atoms with Gasteiger partial charge in [0.05, 0.1) is 12.8 Å². The van der Waals surface area contributed by atoms with Crippen molar-refractivity contribution < 1.29 is 34.8 Å². The molecule has 76 valence electrons. The summed E-state index contributed by atoms with van der Waals surface area (Å²) in [6.45, 7) is 0. The van der Waals surface area contributed by atoms with Crippen LogP contribution in [-0.2, 0) is 14.4 Å². The predicted octanol–water partition coefficient (Wildman–Crippen LogP) is -1.63. The van der Waals surface area contributed by atoms with E-state index in [1.165, 1.54) is 0 Å². The molecule has 0 aromatic rings. The molecule has 4 N–H and O–H groups in total. The van der Waals surface area contributed by atoms with E-state index < -0.39 is 36.4 Å². The Labute approximate surface area is 119 Å². The van der Waals surface area contributed by atoms with Crippen molar-refractivity contribution in [1.29, 1.82) is 0 Å². The standard InChI is InChI=1S/C6H8O7.Ba/c7-3(8)1-6(13,5(11)12)2-4(9)10;/h13H,1-2H2,(H,7,8)(H,9,10)(H,11,12);. The first-order chi connectivity index (χ1) is 5.78. The number of rotatable bonds is 5. The van der Waals surface area contributed by atoms with Crippen molar-refractivity contribution in [2.24, 2.45) is 0 Å². The number of carboxylic acids is 3. The fourth-order valence-electron chi connectivity index (χ4n) is 0.714. The third-order valence-corrected chi connectivity index (χ3v) is 1.29. The maximum atomic E-state index is 10.3. The molecule has 7 nitrogen and oxygen atoms in total. The zero-order valence-corrected chi connectivity index (χ0v) is 11.6. The fraction of sp³-hybridized carbons (Fsp3) is 0.500. The topological polar surface area (TPSA) is 132 Å². The first kappa shape index (κ1) is 16.4. The van der Waals surface area contributed by atoms with Crippen molar-refractivity contribution in [2.75, 3.05) is 0 Å². The minimum Gasteiger partial charge on any atom is -0.481 e. The summed E-state index contributed by atoms with van der Waals surface area (Å²) in [5, 5.41) is 33.8. The van der Waals surface area contributed by atoms with Gasteiger partial charge in [-0.15, -0.1) is 0 Å². The summed E-state index contributed by atoms with van der Waals surface area (Å²) in [6, 6.07) is 0. The minimum atomic E-state index is -2.74. The summed E-state index contributed by atoms with van der Waals surface area (Å²) in [5.41, 5.74) is -2.74. The van der Waals surface area contributed by atoms with Crippen molar-refractivity contribution >= 4 is 66.8 Å². The van der Waals surface area contributed by atoms with E-state index in [0.717, 1.165) is 0 Å². The van der Waals surface area contributed by atoms with Crippen LogP contribution >= 0.6 is 0 Å². The molecular formula is C6H8BaO7. The molecule has 0 aliphatic heterocycles. The van der Waals surface area contributed by atoms with Crippen molar-refractivity contribution in [2.45, 2.75) is 18.4 Å². The van der Waals surface area contributed by atoms with Gasteiger partial charge in [-0.05, 0) is 0 Å². The van der Waals surface area contributed by atoms with Crippen molar-refractivity contribution in [1.82, 2.24) is 0 Å². The van der Waals surface area contributed by atoms with Crippen LogP contribution in [0.2, 0.25) is 0 Å². The molecule has 0 bridgehead atoms. The Kier molecular flexibility index (Phi) is 7.52. The minimum absolute atomic E-state index is 0. The van der Waals surface area contributed by atoms with Crippen molar-refractivity contribution in [3.63, 3.8) is 0 Å². The Morgan fingerprint density at radius 3 is 1.36 bits per heavy atom. The predicted molar refractivity (Wildman–Crippen MR) is 42.8 cm³/mol. The van der Waals surface area contributed by atoms with Crippen molar-refractivity contribution in [3.05, 3.63) is 0 Å². The zero-order chi connectivity index (χ0) is 10.6. The summed E-state index contributed by atoms with van der Waals surface area (Å²) in [4.78, 5) is 30.5. The van der Waals surface area contributed by atoms with Gasteiger partial charge in [-0.2, -0.15) is 0 Å². The third kappa shape index (κ3) is 5.63. The smallest absolute Gasteiger partial charge is 0.336 e. The quantitative estimate of drug-likeness (QED) is 0.445. The van der Waals surface area contributed by atoms with Crippen LogP contribution in [-0.4, -0.2) is 92.8 Å². The number of hydrogen-bond donors (Lipinski definition) is 4. The van der Waals surface area contributed by atoms with E-state index >= 15 is 0 Å². The molecule has 0 saturated carbocycles. The van der Waals surface area contributed by atoms with E-state index in [-0.39, 0.29) is 48.9 Å². The maximum Gasteiger partial charge on any atom is 0.336 e. The fourth-order valence-corrected chi connectivity index (χ4v) is 0.714. The number of aliphatic carboxylic acids is 3. The van der Waals surface area contributed by atoms with Gasteiger partial charge in [-0.3, -0.25) is 9.59 Å². The van der Waals surface area contributed by atoms with E-state index in [4.69, 9.17) is 20.4 Å². The first-order valence-corrected chi connectivity index (χ1v) is 3.17. The molecule has 14 heavy (non-hydrogen) atoms. The molecular weight excluding hydrogens is 321 g/mol. The van der Waals surface area contributed by atoms with Gasteiger partial charge in [0.2, 0.25) is 0 Å². The molecule has 0 atom stereocenters. The molecule has 0 aliphatic carbocycles. The van der Waals surface area contributed by atoms with Crippen LogP contribution in [0.3, 0.4) is 0 Å². The molecule has 8 heteroatoms. The molecule has 0 amide bonds. The van der Waals surface area contributed by atoms with E-state index in [0.29, 0.717) is 0 Å². The normalized spacial score (nSPS) is 10.1. The summed E-state index contributed by atoms with van der Waals surface area (Å²) in [7, 11) is 0. The van der Waals surface area contributed by atoms with E-state index in [1.807, 2.05) is 0 Å². The molecule has 0 fully saturated rings. The van der Waals surface area contributed by atoms with Crippen molar-refractivity contribution in [3.8, 4) is 0 Å².